The lowest BCUT2D eigenvalue weighted by Gasteiger charge is -2.36. The lowest BCUT2D eigenvalue weighted by Crippen LogP contribution is -2.51. The monoisotopic (exact) mass is 358 g/mol. The third-order valence-corrected chi connectivity index (χ3v) is 5.00. The summed E-state index contributed by atoms with van der Waals surface area (Å²) >= 11 is 0. The SMILES string of the molecule is CCc1nccn1CCNc1cc([C@@H]2CCOC2)nc(N2CC(O)C2)n1. The Labute approximate surface area is 153 Å². The quantitative estimate of drug-likeness (QED) is 0.764. The van der Waals surface area contributed by atoms with Crippen molar-refractivity contribution in [3.63, 3.8) is 0 Å². The van der Waals surface area contributed by atoms with Gasteiger partial charge in [0.05, 0.1) is 18.4 Å². The fourth-order valence-corrected chi connectivity index (χ4v) is 3.44. The molecule has 2 N–H and O–H groups in total. The van der Waals surface area contributed by atoms with Crippen molar-refractivity contribution in [1.29, 1.82) is 0 Å². The number of anilines is 2. The van der Waals surface area contributed by atoms with Crippen LogP contribution in [-0.2, 0) is 17.7 Å². The molecule has 4 rings (SSSR count). The average molecular weight is 358 g/mol. The number of ether oxygens (including phenoxy) is 1. The van der Waals surface area contributed by atoms with Crippen LogP contribution >= 0.6 is 0 Å². The molecule has 0 amide bonds. The number of rotatable bonds is 7. The van der Waals surface area contributed by atoms with Crippen molar-refractivity contribution in [2.45, 2.75) is 38.3 Å². The number of β-amino-alcohol motifs (C(OH)–C–C–N with tert-alkyl or cyclic N) is 1. The Bertz CT molecular complexity index is 737. The zero-order valence-electron chi connectivity index (χ0n) is 15.1. The van der Waals surface area contributed by atoms with E-state index in [1.54, 1.807) is 0 Å². The van der Waals surface area contributed by atoms with Crippen molar-refractivity contribution in [2.24, 2.45) is 0 Å². The first-order valence-electron chi connectivity index (χ1n) is 9.36. The van der Waals surface area contributed by atoms with Crippen LogP contribution in [0.1, 0.15) is 30.8 Å². The molecule has 2 saturated heterocycles. The standard InChI is InChI=1S/C18H26N6O2/c1-2-17-20-5-7-23(17)6-4-19-16-9-15(13-3-8-26-12-13)21-18(22-16)24-10-14(25)11-24/h5,7,9,13-14,25H,2-4,6,8,10-12H2,1H3,(H,19,21,22)/t13-/m1/s1. The smallest absolute Gasteiger partial charge is 0.227 e. The molecule has 0 spiro atoms. The summed E-state index contributed by atoms with van der Waals surface area (Å²) in [6.07, 6.45) is 5.49. The summed E-state index contributed by atoms with van der Waals surface area (Å²) in [6, 6.07) is 2.04. The molecule has 4 heterocycles. The molecule has 2 aliphatic heterocycles. The highest BCUT2D eigenvalue weighted by molar-refractivity contribution is 5.46. The lowest BCUT2D eigenvalue weighted by molar-refractivity contribution is 0.140. The van der Waals surface area contributed by atoms with Crippen molar-refractivity contribution in [3.05, 3.63) is 30.0 Å². The van der Waals surface area contributed by atoms with Gasteiger partial charge in [-0.3, -0.25) is 0 Å². The van der Waals surface area contributed by atoms with E-state index in [9.17, 15) is 5.11 Å². The van der Waals surface area contributed by atoms with Crippen molar-refractivity contribution in [3.8, 4) is 0 Å². The molecule has 26 heavy (non-hydrogen) atoms. The second-order valence-electron chi connectivity index (χ2n) is 6.91. The highest BCUT2D eigenvalue weighted by atomic mass is 16.5. The molecular weight excluding hydrogens is 332 g/mol. The van der Waals surface area contributed by atoms with Crippen molar-refractivity contribution in [2.75, 3.05) is 43.1 Å². The van der Waals surface area contributed by atoms with Crippen LogP contribution in [0.3, 0.4) is 0 Å². The minimum atomic E-state index is -0.276. The van der Waals surface area contributed by atoms with Gasteiger partial charge in [0.25, 0.3) is 0 Å². The van der Waals surface area contributed by atoms with Gasteiger partial charge in [0.2, 0.25) is 5.95 Å². The number of nitrogens with zero attached hydrogens (tertiary/aromatic N) is 5. The average Bonchev–Trinajstić information content (AvgIpc) is 3.30. The maximum absolute atomic E-state index is 9.58. The van der Waals surface area contributed by atoms with Crippen molar-refractivity contribution < 1.29 is 9.84 Å². The molecular formula is C18H26N6O2. The Morgan fingerprint density at radius 3 is 2.96 bits per heavy atom. The van der Waals surface area contributed by atoms with E-state index in [1.165, 1.54) is 0 Å². The van der Waals surface area contributed by atoms with Gasteiger partial charge in [0, 0.05) is 63.6 Å². The molecule has 0 aromatic carbocycles. The van der Waals surface area contributed by atoms with Crippen LogP contribution < -0.4 is 10.2 Å². The minimum Gasteiger partial charge on any atom is -0.389 e. The van der Waals surface area contributed by atoms with Gasteiger partial charge in [0.1, 0.15) is 11.6 Å². The van der Waals surface area contributed by atoms with E-state index in [4.69, 9.17) is 9.72 Å². The molecule has 2 aromatic rings. The van der Waals surface area contributed by atoms with Gasteiger partial charge in [-0.1, -0.05) is 6.92 Å². The van der Waals surface area contributed by atoms with Crippen LogP contribution in [0.5, 0.6) is 0 Å². The first-order chi connectivity index (χ1) is 12.7. The van der Waals surface area contributed by atoms with Gasteiger partial charge >= 0.3 is 0 Å². The number of hydrogen-bond donors (Lipinski definition) is 2. The van der Waals surface area contributed by atoms with Crippen molar-refractivity contribution in [1.82, 2.24) is 19.5 Å². The summed E-state index contributed by atoms with van der Waals surface area (Å²) in [7, 11) is 0. The normalized spacial score (nSPS) is 20.4. The fraction of sp³-hybridized carbons (Fsp3) is 0.611. The van der Waals surface area contributed by atoms with Gasteiger partial charge in [-0.05, 0) is 6.42 Å². The summed E-state index contributed by atoms with van der Waals surface area (Å²) < 4.78 is 7.68. The molecule has 1 atom stereocenters. The number of aliphatic hydroxyl groups excluding tert-OH is 1. The van der Waals surface area contributed by atoms with Gasteiger partial charge in [-0.25, -0.2) is 9.97 Å². The summed E-state index contributed by atoms with van der Waals surface area (Å²) in [4.78, 5) is 15.7. The Hall–Kier alpha value is -2.19. The number of aliphatic hydroxyl groups is 1. The van der Waals surface area contributed by atoms with Crippen LogP contribution in [0, 0.1) is 0 Å². The number of imidazole rings is 1. The lowest BCUT2D eigenvalue weighted by atomic mass is 10.0. The summed E-state index contributed by atoms with van der Waals surface area (Å²) in [5, 5.41) is 13.0. The predicted octanol–water partition coefficient (Wildman–Crippen LogP) is 1.03. The molecule has 0 aliphatic carbocycles. The first-order valence-corrected chi connectivity index (χ1v) is 9.36. The Morgan fingerprint density at radius 1 is 1.35 bits per heavy atom. The zero-order valence-corrected chi connectivity index (χ0v) is 15.1. The van der Waals surface area contributed by atoms with Crippen LogP contribution in [0.25, 0.3) is 0 Å². The van der Waals surface area contributed by atoms with E-state index in [1.807, 2.05) is 23.4 Å². The molecule has 0 bridgehead atoms. The number of aromatic nitrogens is 4. The van der Waals surface area contributed by atoms with Crippen LogP contribution in [0.2, 0.25) is 0 Å². The second kappa shape index (κ2) is 7.59. The maximum Gasteiger partial charge on any atom is 0.227 e. The number of aryl methyl sites for hydroxylation is 1. The van der Waals surface area contributed by atoms with E-state index in [-0.39, 0.29) is 6.10 Å². The highest BCUT2D eigenvalue weighted by Crippen LogP contribution is 2.28. The summed E-state index contributed by atoms with van der Waals surface area (Å²) in [5.74, 6) is 2.94. The zero-order chi connectivity index (χ0) is 17.9. The fourth-order valence-electron chi connectivity index (χ4n) is 3.44. The Kier molecular flexibility index (Phi) is 5.03. The Morgan fingerprint density at radius 2 is 2.23 bits per heavy atom. The Balaban J connectivity index is 1.46. The van der Waals surface area contributed by atoms with E-state index in [0.29, 0.717) is 31.6 Å². The molecule has 0 unspecified atom stereocenters. The molecule has 0 radical (unpaired) electrons. The molecule has 2 aliphatic rings. The first kappa shape index (κ1) is 17.2. The third kappa shape index (κ3) is 3.66. The molecule has 2 fully saturated rings. The molecule has 140 valence electrons. The number of hydrogen-bond acceptors (Lipinski definition) is 7. The molecule has 8 heteroatoms. The van der Waals surface area contributed by atoms with E-state index in [0.717, 1.165) is 49.9 Å². The van der Waals surface area contributed by atoms with E-state index < -0.39 is 0 Å². The van der Waals surface area contributed by atoms with Crippen LogP contribution in [0.4, 0.5) is 11.8 Å². The predicted molar refractivity (Wildman–Crippen MR) is 98.5 cm³/mol. The van der Waals surface area contributed by atoms with Gasteiger partial charge in [-0.15, -0.1) is 0 Å². The van der Waals surface area contributed by atoms with Gasteiger partial charge in [0.15, 0.2) is 0 Å². The van der Waals surface area contributed by atoms with E-state index >= 15 is 0 Å². The maximum atomic E-state index is 9.58. The molecule has 2 aromatic heterocycles. The topological polar surface area (TPSA) is 88.3 Å². The van der Waals surface area contributed by atoms with Crippen LogP contribution in [-0.4, -0.2) is 63.6 Å². The minimum absolute atomic E-state index is 0.276. The highest BCUT2D eigenvalue weighted by Gasteiger charge is 2.28. The van der Waals surface area contributed by atoms with E-state index in [2.05, 4.69) is 26.8 Å². The summed E-state index contributed by atoms with van der Waals surface area (Å²) in [5.41, 5.74) is 1.02. The van der Waals surface area contributed by atoms with Gasteiger partial charge in [-0.2, -0.15) is 4.98 Å². The second-order valence-corrected chi connectivity index (χ2v) is 6.91. The largest absolute Gasteiger partial charge is 0.389 e. The molecule has 0 saturated carbocycles. The third-order valence-electron chi connectivity index (χ3n) is 5.00. The van der Waals surface area contributed by atoms with Gasteiger partial charge < -0.3 is 24.6 Å². The summed E-state index contributed by atoms with van der Waals surface area (Å²) in [6.45, 7) is 6.41. The molecule has 8 nitrogen and oxygen atoms in total. The van der Waals surface area contributed by atoms with Crippen molar-refractivity contribution >= 4 is 11.8 Å². The number of nitrogens with one attached hydrogen (secondary N) is 1. The van der Waals surface area contributed by atoms with Crippen LogP contribution in [0.15, 0.2) is 18.5 Å².